The molecule has 0 saturated carbocycles. The van der Waals surface area contributed by atoms with Crippen LogP contribution in [0.25, 0.3) is 0 Å². The monoisotopic (exact) mass is 290 g/mol. The highest BCUT2D eigenvalue weighted by molar-refractivity contribution is 5.78. The Morgan fingerprint density at radius 3 is 2.40 bits per heavy atom. The van der Waals surface area contributed by atoms with Crippen molar-refractivity contribution in [3.63, 3.8) is 0 Å². The fourth-order valence-corrected chi connectivity index (χ4v) is 1.52. The van der Waals surface area contributed by atoms with E-state index in [9.17, 15) is 18.0 Å². The second kappa shape index (κ2) is 7.74. The van der Waals surface area contributed by atoms with Crippen LogP contribution in [-0.4, -0.2) is 31.9 Å². The number of halogens is 3. The van der Waals surface area contributed by atoms with E-state index in [4.69, 9.17) is 0 Å². The topological polar surface area (TPSA) is 50.4 Å². The molecule has 0 aliphatic carbocycles. The smallest absolute Gasteiger partial charge is 0.406 e. The molecule has 1 amide bonds. The fraction of sp³-hybridized carbons (Fsp3) is 0.462. The third-order valence-electron chi connectivity index (χ3n) is 2.40. The molecule has 2 N–H and O–H groups in total. The van der Waals surface area contributed by atoms with Gasteiger partial charge in [-0.25, -0.2) is 0 Å². The summed E-state index contributed by atoms with van der Waals surface area (Å²) in [7, 11) is 0. The van der Waals surface area contributed by atoms with E-state index in [1.54, 1.807) is 0 Å². The molecule has 20 heavy (non-hydrogen) atoms. The maximum atomic E-state index is 12.0. The molecule has 4 nitrogen and oxygen atoms in total. The van der Waals surface area contributed by atoms with Gasteiger partial charge in [0, 0.05) is 13.1 Å². The summed E-state index contributed by atoms with van der Waals surface area (Å²) >= 11 is 0. The molecule has 1 aromatic carbocycles. The molecule has 0 aliphatic heterocycles. The summed E-state index contributed by atoms with van der Waals surface area (Å²) in [6.07, 6.45) is -4.58. The van der Waals surface area contributed by atoms with Gasteiger partial charge in [-0.05, 0) is 24.2 Å². The molecule has 1 aromatic rings. The highest BCUT2D eigenvalue weighted by Crippen LogP contribution is 2.22. The summed E-state index contributed by atoms with van der Waals surface area (Å²) in [6, 6.07) is 5.25. The highest BCUT2D eigenvalue weighted by Gasteiger charge is 2.30. The van der Waals surface area contributed by atoms with Gasteiger partial charge in [0.15, 0.2) is 0 Å². The number of likely N-dealkylation sites (N-methyl/N-ethyl adjacent to an activating group) is 1. The molecule has 0 fully saturated rings. The van der Waals surface area contributed by atoms with Crippen molar-refractivity contribution in [2.75, 3.05) is 19.6 Å². The molecular formula is C13H17F3N2O2. The van der Waals surface area contributed by atoms with Crippen molar-refractivity contribution in [2.24, 2.45) is 0 Å². The lowest BCUT2D eigenvalue weighted by Crippen LogP contribution is -2.32. The van der Waals surface area contributed by atoms with Gasteiger partial charge in [0.1, 0.15) is 5.75 Å². The van der Waals surface area contributed by atoms with E-state index in [1.165, 1.54) is 24.3 Å². The van der Waals surface area contributed by atoms with Crippen molar-refractivity contribution < 1.29 is 22.7 Å². The number of benzene rings is 1. The van der Waals surface area contributed by atoms with Crippen molar-refractivity contribution in [3.8, 4) is 5.75 Å². The van der Waals surface area contributed by atoms with Crippen molar-refractivity contribution in [1.29, 1.82) is 0 Å². The molecule has 0 radical (unpaired) electrons. The van der Waals surface area contributed by atoms with E-state index in [1.807, 2.05) is 6.92 Å². The zero-order valence-electron chi connectivity index (χ0n) is 11.1. The third kappa shape index (κ3) is 6.98. The molecule has 0 bridgehead atoms. The van der Waals surface area contributed by atoms with E-state index in [0.29, 0.717) is 18.7 Å². The number of carbonyl (C=O) groups excluding carboxylic acids is 1. The van der Waals surface area contributed by atoms with Gasteiger partial charge < -0.3 is 15.4 Å². The molecule has 0 atom stereocenters. The maximum Gasteiger partial charge on any atom is 0.573 e. The van der Waals surface area contributed by atoms with Crippen molar-refractivity contribution >= 4 is 5.91 Å². The predicted octanol–water partition coefficient (Wildman–Crippen LogP) is 1.85. The summed E-state index contributed by atoms with van der Waals surface area (Å²) in [5.41, 5.74) is 0.625. The number of alkyl halides is 3. The average molecular weight is 290 g/mol. The average Bonchev–Trinajstić information content (AvgIpc) is 2.35. The van der Waals surface area contributed by atoms with Crippen LogP contribution in [0, 0.1) is 0 Å². The Morgan fingerprint density at radius 2 is 1.85 bits per heavy atom. The summed E-state index contributed by atoms with van der Waals surface area (Å²) in [5, 5.41) is 5.76. The zero-order chi connectivity index (χ0) is 15.0. The van der Waals surface area contributed by atoms with Crippen LogP contribution >= 0.6 is 0 Å². The molecule has 1 rings (SSSR count). The molecule has 112 valence electrons. The van der Waals surface area contributed by atoms with Gasteiger partial charge in [0.05, 0.1) is 6.42 Å². The number of rotatable bonds is 7. The van der Waals surface area contributed by atoms with Gasteiger partial charge in [0.25, 0.3) is 0 Å². The van der Waals surface area contributed by atoms with Crippen LogP contribution in [-0.2, 0) is 11.2 Å². The number of carbonyl (C=O) groups is 1. The molecule has 0 unspecified atom stereocenters. The van der Waals surface area contributed by atoms with Gasteiger partial charge in [-0.1, -0.05) is 19.1 Å². The Bertz CT molecular complexity index is 419. The second-order valence-corrected chi connectivity index (χ2v) is 4.07. The first-order chi connectivity index (χ1) is 9.40. The SMILES string of the molecule is CCNCCNC(=O)Cc1ccc(OC(F)(F)F)cc1. The first-order valence-electron chi connectivity index (χ1n) is 6.23. The van der Waals surface area contributed by atoms with Crippen LogP contribution < -0.4 is 15.4 Å². The quantitative estimate of drug-likeness (QED) is 0.754. The van der Waals surface area contributed by atoms with Crippen molar-refractivity contribution in [2.45, 2.75) is 19.7 Å². The molecule has 0 aromatic heterocycles. The molecule has 0 heterocycles. The Kier molecular flexibility index (Phi) is 6.30. The molecular weight excluding hydrogens is 273 g/mol. The van der Waals surface area contributed by atoms with Crippen LogP contribution in [0.5, 0.6) is 5.75 Å². The van der Waals surface area contributed by atoms with E-state index in [0.717, 1.165) is 6.54 Å². The lowest BCUT2D eigenvalue weighted by atomic mass is 10.1. The van der Waals surface area contributed by atoms with E-state index < -0.39 is 6.36 Å². The van der Waals surface area contributed by atoms with Crippen LogP contribution in [0.4, 0.5) is 13.2 Å². The number of nitrogens with one attached hydrogen (secondary N) is 2. The lowest BCUT2D eigenvalue weighted by molar-refractivity contribution is -0.274. The Morgan fingerprint density at radius 1 is 1.20 bits per heavy atom. The predicted molar refractivity (Wildman–Crippen MR) is 68.4 cm³/mol. The number of amides is 1. The van der Waals surface area contributed by atoms with Crippen LogP contribution in [0.15, 0.2) is 24.3 Å². The Balaban J connectivity index is 2.39. The van der Waals surface area contributed by atoms with Gasteiger partial charge in [-0.3, -0.25) is 4.79 Å². The Labute approximate surface area is 115 Å². The van der Waals surface area contributed by atoms with E-state index in [-0.39, 0.29) is 18.1 Å². The summed E-state index contributed by atoms with van der Waals surface area (Å²) in [5.74, 6) is -0.471. The summed E-state index contributed by atoms with van der Waals surface area (Å²) < 4.78 is 39.6. The fourth-order valence-electron chi connectivity index (χ4n) is 1.52. The largest absolute Gasteiger partial charge is 0.573 e. The molecule has 0 aliphatic rings. The molecule has 7 heteroatoms. The maximum absolute atomic E-state index is 12.0. The Hall–Kier alpha value is -1.76. The van der Waals surface area contributed by atoms with Crippen molar-refractivity contribution in [1.82, 2.24) is 10.6 Å². The van der Waals surface area contributed by atoms with Gasteiger partial charge >= 0.3 is 6.36 Å². The second-order valence-electron chi connectivity index (χ2n) is 4.07. The number of hydrogen-bond donors (Lipinski definition) is 2. The first kappa shape index (κ1) is 16.3. The first-order valence-corrected chi connectivity index (χ1v) is 6.23. The number of ether oxygens (including phenoxy) is 1. The van der Waals surface area contributed by atoms with Crippen LogP contribution in [0.3, 0.4) is 0 Å². The lowest BCUT2D eigenvalue weighted by Gasteiger charge is -2.09. The van der Waals surface area contributed by atoms with Gasteiger partial charge in [0.2, 0.25) is 5.91 Å². The minimum absolute atomic E-state index is 0.123. The van der Waals surface area contributed by atoms with Crippen molar-refractivity contribution in [3.05, 3.63) is 29.8 Å². The van der Waals surface area contributed by atoms with E-state index in [2.05, 4.69) is 15.4 Å². The standard InChI is InChI=1S/C13H17F3N2O2/c1-2-17-7-8-18-12(19)9-10-3-5-11(6-4-10)20-13(14,15)16/h3-6,17H,2,7-9H2,1H3,(H,18,19). The highest BCUT2D eigenvalue weighted by atomic mass is 19.4. The van der Waals surface area contributed by atoms with Gasteiger partial charge in [-0.2, -0.15) is 0 Å². The minimum Gasteiger partial charge on any atom is -0.406 e. The number of hydrogen-bond acceptors (Lipinski definition) is 3. The summed E-state index contributed by atoms with van der Waals surface area (Å²) in [6.45, 7) is 3.99. The minimum atomic E-state index is -4.70. The third-order valence-corrected chi connectivity index (χ3v) is 2.40. The molecule has 0 saturated heterocycles. The summed E-state index contributed by atoms with van der Waals surface area (Å²) in [4.78, 5) is 11.5. The van der Waals surface area contributed by atoms with Crippen LogP contribution in [0.1, 0.15) is 12.5 Å². The molecule has 0 spiro atoms. The normalized spacial score (nSPS) is 11.2. The van der Waals surface area contributed by atoms with Crippen LogP contribution in [0.2, 0.25) is 0 Å². The van der Waals surface area contributed by atoms with Gasteiger partial charge in [-0.15, -0.1) is 13.2 Å². The zero-order valence-corrected chi connectivity index (χ0v) is 11.1. The van der Waals surface area contributed by atoms with E-state index >= 15 is 0 Å².